The van der Waals surface area contributed by atoms with Crippen molar-refractivity contribution in [1.29, 1.82) is 0 Å². The number of nitrogens with one attached hydrogen (secondary N) is 1. The zero-order valence-electron chi connectivity index (χ0n) is 15.4. The standard InChI is InChI=1S/C18H21N5O5S/c19-29(25,26)27-10-15-14(24)8-16(28-15)23-7-6-13-17(21-11-22-18(13)23)20-9-12-4-2-1-3-5-12/h1-7,11,14-16,24H,8-10H2,(H2,19,25,26)(H,20,21,22)/t14-,15-,16+/m0/s1. The number of hydrogen-bond acceptors (Lipinski definition) is 8. The average Bonchev–Trinajstić information content (AvgIpc) is 3.28. The summed E-state index contributed by atoms with van der Waals surface area (Å²) in [5.74, 6) is 0.685. The fourth-order valence-electron chi connectivity index (χ4n) is 3.32. The number of nitrogens with two attached hydrogens (primary N) is 1. The zero-order valence-corrected chi connectivity index (χ0v) is 16.2. The number of rotatable bonds is 7. The summed E-state index contributed by atoms with van der Waals surface area (Å²) in [6.45, 7) is 0.262. The molecule has 1 aliphatic heterocycles. The molecule has 1 saturated heterocycles. The van der Waals surface area contributed by atoms with Crippen molar-refractivity contribution in [1.82, 2.24) is 14.5 Å². The fourth-order valence-corrected chi connectivity index (χ4v) is 3.65. The van der Waals surface area contributed by atoms with Crippen molar-refractivity contribution >= 4 is 27.2 Å². The van der Waals surface area contributed by atoms with Crippen LogP contribution in [0.2, 0.25) is 0 Å². The molecule has 3 atom stereocenters. The maximum Gasteiger partial charge on any atom is 0.333 e. The van der Waals surface area contributed by atoms with E-state index in [2.05, 4.69) is 19.5 Å². The molecule has 0 unspecified atom stereocenters. The highest BCUT2D eigenvalue weighted by Crippen LogP contribution is 2.33. The summed E-state index contributed by atoms with van der Waals surface area (Å²) in [6, 6.07) is 11.8. The van der Waals surface area contributed by atoms with Gasteiger partial charge in [0.05, 0.1) is 18.1 Å². The molecule has 3 aromatic rings. The Labute approximate surface area is 167 Å². The topological polar surface area (TPSA) is 142 Å². The third-order valence-electron chi connectivity index (χ3n) is 4.72. The van der Waals surface area contributed by atoms with Crippen molar-refractivity contribution in [2.45, 2.75) is 31.4 Å². The minimum Gasteiger partial charge on any atom is -0.390 e. The average molecular weight is 419 g/mol. The van der Waals surface area contributed by atoms with Crippen LogP contribution >= 0.6 is 0 Å². The van der Waals surface area contributed by atoms with Crippen LogP contribution in [0.3, 0.4) is 0 Å². The van der Waals surface area contributed by atoms with Gasteiger partial charge in [0, 0.05) is 19.2 Å². The summed E-state index contributed by atoms with van der Waals surface area (Å²) < 4.78 is 34.1. The Morgan fingerprint density at radius 2 is 2.07 bits per heavy atom. The first kappa shape index (κ1) is 19.7. The highest BCUT2D eigenvalue weighted by Gasteiger charge is 2.36. The second-order valence-electron chi connectivity index (χ2n) is 6.73. The van der Waals surface area contributed by atoms with Crippen molar-refractivity contribution in [3.05, 3.63) is 54.5 Å². The van der Waals surface area contributed by atoms with Crippen LogP contribution < -0.4 is 10.5 Å². The Bertz CT molecular complexity index is 1090. The van der Waals surface area contributed by atoms with Gasteiger partial charge in [0.25, 0.3) is 0 Å². The summed E-state index contributed by atoms with van der Waals surface area (Å²) in [5, 5.41) is 19.1. The second kappa shape index (κ2) is 8.05. The summed E-state index contributed by atoms with van der Waals surface area (Å²) in [4.78, 5) is 8.66. The second-order valence-corrected chi connectivity index (χ2v) is 7.95. The number of ether oxygens (including phenoxy) is 1. The van der Waals surface area contributed by atoms with Gasteiger partial charge in [-0.15, -0.1) is 0 Å². The number of hydrogen-bond donors (Lipinski definition) is 3. The Balaban J connectivity index is 1.50. The number of aliphatic hydroxyl groups is 1. The van der Waals surface area contributed by atoms with Gasteiger partial charge in [-0.1, -0.05) is 30.3 Å². The van der Waals surface area contributed by atoms with E-state index in [-0.39, 0.29) is 13.0 Å². The smallest absolute Gasteiger partial charge is 0.333 e. The molecule has 0 saturated carbocycles. The molecule has 11 heteroatoms. The van der Waals surface area contributed by atoms with E-state index in [4.69, 9.17) is 9.88 Å². The van der Waals surface area contributed by atoms with Gasteiger partial charge in [0.1, 0.15) is 30.1 Å². The summed E-state index contributed by atoms with van der Waals surface area (Å²) >= 11 is 0. The van der Waals surface area contributed by atoms with E-state index in [1.165, 1.54) is 6.33 Å². The predicted molar refractivity (Wildman–Crippen MR) is 105 cm³/mol. The van der Waals surface area contributed by atoms with Gasteiger partial charge < -0.3 is 19.7 Å². The van der Waals surface area contributed by atoms with Crippen molar-refractivity contribution < 1.29 is 22.4 Å². The zero-order chi connectivity index (χ0) is 20.4. The van der Waals surface area contributed by atoms with Crippen LogP contribution in [0.25, 0.3) is 11.0 Å². The monoisotopic (exact) mass is 419 g/mol. The van der Waals surface area contributed by atoms with Crippen LogP contribution in [0.15, 0.2) is 48.9 Å². The lowest BCUT2D eigenvalue weighted by molar-refractivity contribution is -0.0369. The summed E-state index contributed by atoms with van der Waals surface area (Å²) in [7, 11) is -4.10. The first-order valence-electron chi connectivity index (χ1n) is 9.01. The number of anilines is 1. The molecule has 0 amide bonds. The van der Waals surface area contributed by atoms with Crippen LogP contribution in [-0.2, 0) is 25.8 Å². The van der Waals surface area contributed by atoms with Crippen LogP contribution in [-0.4, -0.2) is 46.9 Å². The van der Waals surface area contributed by atoms with E-state index in [1.54, 1.807) is 10.8 Å². The van der Waals surface area contributed by atoms with Crippen LogP contribution in [0.5, 0.6) is 0 Å². The Morgan fingerprint density at radius 1 is 1.28 bits per heavy atom. The lowest BCUT2D eigenvalue weighted by Crippen LogP contribution is -2.30. The van der Waals surface area contributed by atoms with Gasteiger partial charge >= 0.3 is 10.3 Å². The number of fused-ring (bicyclic) bond motifs is 1. The number of benzene rings is 1. The first-order chi connectivity index (χ1) is 13.9. The summed E-state index contributed by atoms with van der Waals surface area (Å²) in [6.07, 6.45) is 1.30. The SMILES string of the molecule is NS(=O)(=O)OC[C@@H]1O[C@@H](n2ccc3c(NCc4ccccc4)ncnc32)C[C@@H]1O. The van der Waals surface area contributed by atoms with Crippen molar-refractivity contribution in [2.24, 2.45) is 5.14 Å². The van der Waals surface area contributed by atoms with Gasteiger partial charge in [-0.2, -0.15) is 8.42 Å². The molecule has 1 aliphatic rings. The Kier molecular flexibility index (Phi) is 5.48. The van der Waals surface area contributed by atoms with Crippen molar-refractivity contribution in [3.63, 3.8) is 0 Å². The van der Waals surface area contributed by atoms with Gasteiger partial charge in [0.2, 0.25) is 0 Å². The van der Waals surface area contributed by atoms with E-state index in [1.807, 2.05) is 36.4 Å². The molecule has 1 fully saturated rings. The molecule has 0 spiro atoms. The number of nitrogens with zero attached hydrogens (tertiary/aromatic N) is 3. The van der Waals surface area contributed by atoms with E-state index in [9.17, 15) is 13.5 Å². The van der Waals surface area contributed by atoms with Crippen LogP contribution in [0, 0.1) is 0 Å². The molecule has 10 nitrogen and oxygen atoms in total. The maximum atomic E-state index is 11.0. The molecule has 3 heterocycles. The maximum absolute atomic E-state index is 11.0. The molecular formula is C18H21N5O5S. The minimum atomic E-state index is -4.10. The van der Waals surface area contributed by atoms with Crippen molar-refractivity contribution in [3.8, 4) is 0 Å². The molecule has 0 bridgehead atoms. The Morgan fingerprint density at radius 3 is 2.83 bits per heavy atom. The molecule has 4 rings (SSSR count). The summed E-state index contributed by atoms with van der Waals surface area (Å²) in [5.41, 5.74) is 1.76. The Hall–Kier alpha value is -2.57. The lowest BCUT2D eigenvalue weighted by atomic mass is 10.2. The van der Waals surface area contributed by atoms with Gasteiger partial charge in [0.15, 0.2) is 0 Å². The molecule has 1 aromatic carbocycles. The lowest BCUT2D eigenvalue weighted by Gasteiger charge is -2.15. The van der Waals surface area contributed by atoms with E-state index >= 15 is 0 Å². The molecule has 29 heavy (non-hydrogen) atoms. The van der Waals surface area contributed by atoms with Gasteiger partial charge in [-0.3, -0.25) is 4.18 Å². The fraction of sp³-hybridized carbons (Fsp3) is 0.333. The number of aliphatic hydroxyl groups excluding tert-OH is 1. The van der Waals surface area contributed by atoms with E-state index in [0.717, 1.165) is 10.9 Å². The normalized spacial score (nSPS) is 22.2. The molecule has 0 aliphatic carbocycles. The quantitative estimate of drug-likeness (QED) is 0.513. The number of aromatic nitrogens is 3. The minimum absolute atomic E-state index is 0.263. The molecule has 4 N–H and O–H groups in total. The van der Waals surface area contributed by atoms with Crippen LogP contribution in [0.1, 0.15) is 18.2 Å². The third-order valence-corrected chi connectivity index (χ3v) is 5.19. The molecule has 0 radical (unpaired) electrons. The molecule has 2 aromatic heterocycles. The third kappa shape index (κ3) is 4.54. The predicted octanol–water partition coefficient (Wildman–Crippen LogP) is 0.912. The van der Waals surface area contributed by atoms with E-state index in [0.29, 0.717) is 18.0 Å². The van der Waals surface area contributed by atoms with Gasteiger partial charge in [-0.05, 0) is 11.6 Å². The van der Waals surface area contributed by atoms with Crippen molar-refractivity contribution in [2.75, 3.05) is 11.9 Å². The highest BCUT2D eigenvalue weighted by molar-refractivity contribution is 7.84. The first-order valence-corrected chi connectivity index (χ1v) is 10.5. The highest BCUT2D eigenvalue weighted by atomic mass is 32.2. The van der Waals surface area contributed by atoms with Crippen LogP contribution in [0.4, 0.5) is 5.82 Å². The van der Waals surface area contributed by atoms with E-state index < -0.39 is 28.7 Å². The van der Waals surface area contributed by atoms with Gasteiger partial charge in [-0.25, -0.2) is 15.1 Å². The largest absolute Gasteiger partial charge is 0.390 e. The molecular weight excluding hydrogens is 398 g/mol. The molecule has 154 valence electrons.